The van der Waals surface area contributed by atoms with Crippen molar-refractivity contribution in [2.75, 3.05) is 5.32 Å². The molecule has 0 aliphatic heterocycles. The van der Waals surface area contributed by atoms with Crippen LogP contribution in [0, 0.1) is 24.2 Å². The second-order valence-corrected chi connectivity index (χ2v) is 8.25. The fourth-order valence-electron chi connectivity index (χ4n) is 3.37. The highest BCUT2D eigenvalue weighted by molar-refractivity contribution is 6.05. The van der Waals surface area contributed by atoms with Gasteiger partial charge in [0.1, 0.15) is 0 Å². The standard InChI is InChI=1S/C23H34N4O/c1-8-12-24-13-11-19(6)23(7)14-20(10-9-18(23)5)22(28)25-21-17(4)15-27(26-21)16(2)3/h8-10,12-16,18-19H,11H2,1-7H3,(H,25,26,28)/b12-8-,24-13?/t18?,19?,23-/m1/s1. The van der Waals surface area contributed by atoms with Crippen LogP contribution in [0.3, 0.4) is 0 Å². The highest BCUT2D eigenvalue weighted by atomic mass is 16.1. The summed E-state index contributed by atoms with van der Waals surface area (Å²) in [4.78, 5) is 17.2. The Labute approximate surface area is 169 Å². The molecule has 5 heteroatoms. The number of hydrogen-bond donors (Lipinski definition) is 1. The van der Waals surface area contributed by atoms with E-state index in [9.17, 15) is 4.79 Å². The third-order valence-corrected chi connectivity index (χ3v) is 5.81. The Morgan fingerprint density at radius 1 is 1.43 bits per heavy atom. The number of allylic oxidation sites excluding steroid dienone is 3. The van der Waals surface area contributed by atoms with E-state index in [-0.39, 0.29) is 17.4 Å². The van der Waals surface area contributed by atoms with Crippen LogP contribution in [0.15, 0.2) is 47.3 Å². The van der Waals surface area contributed by atoms with Crippen molar-refractivity contribution in [2.24, 2.45) is 22.2 Å². The van der Waals surface area contributed by atoms with E-state index in [1.54, 1.807) is 6.20 Å². The van der Waals surface area contributed by atoms with E-state index in [0.29, 0.717) is 23.2 Å². The van der Waals surface area contributed by atoms with E-state index >= 15 is 0 Å². The van der Waals surface area contributed by atoms with Crippen molar-refractivity contribution in [2.45, 2.75) is 60.9 Å². The van der Waals surface area contributed by atoms with Crippen molar-refractivity contribution in [1.82, 2.24) is 9.78 Å². The van der Waals surface area contributed by atoms with Gasteiger partial charge in [0.15, 0.2) is 5.82 Å². The molecule has 1 N–H and O–H groups in total. The van der Waals surface area contributed by atoms with Crippen molar-refractivity contribution < 1.29 is 4.79 Å². The van der Waals surface area contributed by atoms with Crippen LogP contribution in [-0.2, 0) is 4.79 Å². The Kier molecular flexibility index (Phi) is 7.17. The van der Waals surface area contributed by atoms with E-state index in [4.69, 9.17) is 0 Å². The number of hydrogen-bond acceptors (Lipinski definition) is 3. The van der Waals surface area contributed by atoms with Gasteiger partial charge < -0.3 is 5.32 Å². The van der Waals surface area contributed by atoms with E-state index in [1.807, 2.05) is 43.1 Å². The van der Waals surface area contributed by atoms with Gasteiger partial charge in [-0.25, -0.2) is 0 Å². The van der Waals surface area contributed by atoms with Crippen molar-refractivity contribution in [1.29, 1.82) is 0 Å². The Morgan fingerprint density at radius 2 is 2.14 bits per heavy atom. The van der Waals surface area contributed by atoms with Gasteiger partial charge in [0, 0.05) is 35.8 Å². The molecule has 0 bridgehead atoms. The number of anilines is 1. The number of rotatable bonds is 7. The van der Waals surface area contributed by atoms with E-state index in [1.165, 1.54) is 0 Å². The summed E-state index contributed by atoms with van der Waals surface area (Å²) in [6.45, 7) is 14.7. The molecular formula is C23H34N4O. The zero-order valence-corrected chi connectivity index (χ0v) is 18.2. The summed E-state index contributed by atoms with van der Waals surface area (Å²) in [6.07, 6.45) is 14.7. The minimum absolute atomic E-state index is 0.110. The SMILES string of the molecule is C/C=C\N=CCC(C)[C@]1(C)C=C(C(=O)Nc2nn(C(C)C)cc2C)C=CC1C. The van der Waals surface area contributed by atoms with Gasteiger partial charge >= 0.3 is 0 Å². The van der Waals surface area contributed by atoms with Crippen LogP contribution < -0.4 is 5.32 Å². The number of aryl methyl sites for hydroxylation is 1. The molecule has 0 aromatic carbocycles. The molecule has 0 saturated heterocycles. The molecule has 0 spiro atoms. The molecule has 1 aliphatic carbocycles. The first-order valence-corrected chi connectivity index (χ1v) is 10.1. The average molecular weight is 383 g/mol. The van der Waals surface area contributed by atoms with Crippen molar-refractivity contribution in [3.05, 3.63) is 47.8 Å². The first-order valence-electron chi connectivity index (χ1n) is 10.1. The molecule has 0 radical (unpaired) electrons. The van der Waals surface area contributed by atoms with Gasteiger partial charge in [0.05, 0.1) is 0 Å². The quantitative estimate of drug-likeness (QED) is 0.635. The molecule has 28 heavy (non-hydrogen) atoms. The molecule has 5 nitrogen and oxygen atoms in total. The highest BCUT2D eigenvalue weighted by Crippen LogP contribution is 2.43. The fourth-order valence-corrected chi connectivity index (χ4v) is 3.37. The van der Waals surface area contributed by atoms with E-state index < -0.39 is 0 Å². The van der Waals surface area contributed by atoms with Crippen LogP contribution in [0.1, 0.15) is 59.6 Å². The summed E-state index contributed by atoms with van der Waals surface area (Å²) in [5.74, 6) is 1.21. The maximum atomic E-state index is 12.9. The van der Waals surface area contributed by atoms with Gasteiger partial charge in [-0.3, -0.25) is 14.5 Å². The maximum absolute atomic E-state index is 12.9. The maximum Gasteiger partial charge on any atom is 0.256 e. The second-order valence-electron chi connectivity index (χ2n) is 8.25. The lowest BCUT2D eigenvalue weighted by atomic mass is 9.65. The van der Waals surface area contributed by atoms with Gasteiger partial charge in [-0.1, -0.05) is 45.1 Å². The topological polar surface area (TPSA) is 59.3 Å². The van der Waals surface area contributed by atoms with Gasteiger partial charge in [0.25, 0.3) is 5.91 Å². The third kappa shape index (κ3) is 4.89. The molecule has 0 saturated carbocycles. The Balaban J connectivity index is 2.19. The minimum Gasteiger partial charge on any atom is -0.305 e. The summed E-state index contributed by atoms with van der Waals surface area (Å²) < 4.78 is 1.87. The van der Waals surface area contributed by atoms with Gasteiger partial charge in [0.2, 0.25) is 0 Å². The number of aromatic nitrogens is 2. The zero-order valence-electron chi connectivity index (χ0n) is 18.2. The number of carbonyl (C=O) groups excluding carboxylic acids is 1. The number of nitrogens with zero attached hydrogens (tertiary/aromatic N) is 3. The van der Waals surface area contributed by atoms with Gasteiger partial charge in [-0.15, -0.1) is 0 Å². The first-order chi connectivity index (χ1) is 13.2. The first kappa shape index (κ1) is 21.9. The summed E-state index contributed by atoms with van der Waals surface area (Å²) in [7, 11) is 0. The lowest BCUT2D eigenvalue weighted by Crippen LogP contribution is -2.33. The van der Waals surface area contributed by atoms with Crippen LogP contribution in [0.2, 0.25) is 0 Å². The molecule has 0 fully saturated rings. The number of nitrogens with one attached hydrogen (secondary N) is 1. The van der Waals surface area contributed by atoms with Crippen molar-refractivity contribution in [3.8, 4) is 0 Å². The average Bonchev–Trinajstić information content (AvgIpc) is 3.01. The van der Waals surface area contributed by atoms with Crippen molar-refractivity contribution in [3.63, 3.8) is 0 Å². The molecule has 2 unspecified atom stereocenters. The predicted octanol–water partition coefficient (Wildman–Crippen LogP) is 5.48. The summed E-state index contributed by atoms with van der Waals surface area (Å²) in [6, 6.07) is 0.257. The monoisotopic (exact) mass is 382 g/mol. The molecule has 1 amide bonds. The molecule has 3 atom stereocenters. The Bertz CT molecular complexity index is 813. The molecular weight excluding hydrogens is 348 g/mol. The minimum atomic E-state index is -0.115. The lowest BCUT2D eigenvalue weighted by molar-refractivity contribution is -0.112. The predicted molar refractivity (Wildman–Crippen MR) is 118 cm³/mol. The smallest absolute Gasteiger partial charge is 0.256 e. The lowest BCUT2D eigenvalue weighted by Gasteiger charge is -2.39. The van der Waals surface area contributed by atoms with Gasteiger partial charge in [-0.05, 0) is 51.4 Å². The summed E-state index contributed by atoms with van der Waals surface area (Å²) in [5.41, 5.74) is 1.54. The van der Waals surface area contributed by atoms with Crippen LogP contribution in [0.25, 0.3) is 0 Å². The number of carbonyl (C=O) groups is 1. The van der Waals surface area contributed by atoms with Gasteiger partial charge in [-0.2, -0.15) is 5.10 Å². The summed E-state index contributed by atoms with van der Waals surface area (Å²) in [5, 5.41) is 7.48. The van der Waals surface area contributed by atoms with E-state index in [2.05, 4.69) is 62.2 Å². The molecule has 1 aromatic heterocycles. The third-order valence-electron chi connectivity index (χ3n) is 5.81. The highest BCUT2D eigenvalue weighted by Gasteiger charge is 2.36. The van der Waals surface area contributed by atoms with Crippen LogP contribution in [-0.4, -0.2) is 21.9 Å². The van der Waals surface area contributed by atoms with E-state index in [0.717, 1.165) is 12.0 Å². The Morgan fingerprint density at radius 3 is 2.75 bits per heavy atom. The molecule has 1 aromatic rings. The summed E-state index contributed by atoms with van der Waals surface area (Å²) >= 11 is 0. The zero-order chi connectivity index (χ0) is 20.9. The molecule has 152 valence electrons. The van der Waals surface area contributed by atoms with Crippen LogP contribution >= 0.6 is 0 Å². The fraction of sp³-hybridized carbons (Fsp3) is 0.522. The normalized spacial score (nSPS) is 23.6. The number of aliphatic imine (C=N–C) groups is 1. The molecule has 1 heterocycles. The number of amides is 1. The van der Waals surface area contributed by atoms with Crippen molar-refractivity contribution >= 4 is 17.9 Å². The second kappa shape index (κ2) is 9.18. The molecule has 2 rings (SSSR count). The Hall–Kier alpha value is -2.43. The largest absolute Gasteiger partial charge is 0.305 e. The van der Waals surface area contributed by atoms with Crippen LogP contribution in [0.5, 0.6) is 0 Å². The molecule has 1 aliphatic rings. The van der Waals surface area contributed by atoms with Crippen LogP contribution in [0.4, 0.5) is 5.82 Å².